The lowest BCUT2D eigenvalue weighted by Gasteiger charge is -2.22. The van der Waals surface area contributed by atoms with Gasteiger partial charge < -0.3 is 4.90 Å². The van der Waals surface area contributed by atoms with E-state index in [1.807, 2.05) is 35.2 Å². The molecule has 1 aliphatic heterocycles. The highest BCUT2D eigenvalue weighted by molar-refractivity contribution is 5.93. The molecule has 7 nitrogen and oxygen atoms in total. The van der Waals surface area contributed by atoms with E-state index in [9.17, 15) is 4.79 Å². The number of benzene rings is 1. The zero-order valence-electron chi connectivity index (χ0n) is 13.4. The predicted octanol–water partition coefficient (Wildman–Crippen LogP) is 2.18. The number of carbonyl (C=O) groups excluding carboxylic acids is 1. The van der Waals surface area contributed by atoms with E-state index < -0.39 is 0 Å². The fraction of sp³-hybridized carbons (Fsp3) is 0.294. The molecule has 24 heavy (non-hydrogen) atoms. The Morgan fingerprint density at radius 3 is 2.83 bits per heavy atom. The van der Waals surface area contributed by atoms with Crippen LogP contribution in [0.4, 0.5) is 0 Å². The summed E-state index contributed by atoms with van der Waals surface area (Å²) < 4.78 is 1.60. The van der Waals surface area contributed by atoms with Crippen molar-refractivity contribution in [1.29, 1.82) is 0 Å². The molecule has 0 saturated carbocycles. The van der Waals surface area contributed by atoms with Crippen molar-refractivity contribution in [2.45, 2.75) is 18.9 Å². The van der Waals surface area contributed by atoms with Gasteiger partial charge in [0.05, 0.1) is 6.04 Å². The minimum atomic E-state index is -0.0719. The van der Waals surface area contributed by atoms with Gasteiger partial charge in [-0.1, -0.05) is 30.3 Å². The van der Waals surface area contributed by atoms with E-state index in [2.05, 4.69) is 20.3 Å². The van der Waals surface area contributed by atoms with Gasteiger partial charge in [0.15, 0.2) is 5.82 Å². The number of carbonyl (C=O) groups is 1. The van der Waals surface area contributed by atoms with Crippen LogP contribution in [0, 0.1) is 0 Å². The number of hydrogen-bond donors (Lipinski definition) is 1. The van der Waals surface area contributed by atoms with Gasteiger partial charge in [-0.2, -0.15) is 10.2 Å². The van der Waals surface area contributed by atoms with Gasteiger partial charge in [0.1, 0.15) is 11.5 Å². The molecule has 0 bridgehead atoms. The molecular formula is C17H18N6O. The van der Waals surface area contributed by atoms with Crippen LogP contribution < -0.4 is 0 Å². The van der Waals surface area contributed by atoms with E-state index in [0.29, 0.717) is 11.5 Å². The van der Waals surface area contributed by atoms with Crippen LogP contribution in [-0.4, -0.2) is 42.3 Å². The summed E-state index contributed by atoms with van der Waals surface area (Å²) in [6.45, 7) is 0.718. The second kappa shape index (κ2) is 5.92. The van der Waals surface area contributed by atoms with E-state index in [4.69, 9.17) is 0 Å². The molecule has 0 aliphatic carbocycles. The van der Waals surface area contributed by atoms with Crippen LogP contribution in [0.2, 0.25) is 0 Å². The van der Waals surface area contributed by atoms with Crippen LogP contribution in [0.15, 0.2) is 42.6 Å². The van der Waals surface area contributed by atoms with E-state index in [1.54, 1.807) is 24.0 Å². The van der Waals surface area contributed by atoms with E-state index in [0.717, 1.165) is 30.8 Å². The normalized spacial score (nSPS) is 17.4. The highest BCUT2D eigenvalue weighted by Crippen LogP contribution is 2.31. The van der Waals surface area contributed by atoms with E-state index in [1.165, 1.54) is 0 Å². The van der Waals surface area contributed by atoms with Crippen molar-refractivity contribution in [3.63, 3.8) is 0 Å². The average Bonchev–Trinajstić information content (AvgIpc) is 3.35. The summed E-state index contributed by atoms with van der Waals surface area (Å²) in [5, 5.41) is 11.4. The van der Waals surface area contributed by atoms with Crippen LogP contribution in [0.25, 0.3) is 11.4 Å². The number of hydrogen-bond acceptors (Lipinski definition) is 4. The van der Waals surface area contributed by atoms with Crippen molar-refractivity contribution in [3.05, 3.63) is 54.1 Å². The molecule has 1 N–H and O–H groups in total. The van der Waals surface area contributed by atoms with Gasteiger partial charge in [0.2, 0.25) is 0 Å². The van der Waals surface area contributed by atoms with Crippen molar-refractivity contribution < 1.29 is 4.79 Å². The number of H-pyrrole nitrogens is 1. The van der Waals surface area contributed by atoms with Crippen LogP contribution in [0.5, 0.6) is 0 Å². The number of amides is 1. The molecule has 1 aromatic carbocycles. The number of nitrogens with one attached hydrogen (secondary N) is 1. The van der Waals surface area contributed by atoms with Crippen LogP contribution in [-0.2, 0) is 7.05 Å². The van der Waals surface area contributed by atoms with E-state index >= 15 is 0 Å². The molecule has 2 aromatic heterocycles. The summed E-state index contributed by atoms with van der Waals surface area (Å²) in [5.41, 5.74) is 1.55. The Hall–Kier alpha value is -2.96. The van der Waals surface area contributed by atoms with Gasteiger partial charge in [-0.15, -0.1) is 0 Å². The number of aromatic nitrogens is 5. The molecular weight excluding hydrogens is 304 g/mol. The molecule has 7 heteroatoms. The van der Waals surface area contributed by atoms with Crippen LogP contribution >= 0.6 is 0 Å². The Kier molecular flexibility index (Phi) is 3.60. The Balaban J connectivity index is 1.61. The molecule has 1 fully saturated rings. The lowest BCUT2D eigenvalue weighted by molar-refractivity contribution is 0.0719. The summed E-state index contributed by atoms with van der Waals surface area (Å²) in [6, 6.07) is 11.5. The topological polar surface area (TPSA) is 79.7 Å². The zero-order chi connectivity index (χ0) is 16.5. The van der Waals surface area contributed by atoms with Gasteiger partial charge in [0, 0.05) is 25.4 Å². The van der Waals surface area contributed by atoms with Gasteiger partial charge in [-0.25, -0.2) is 4.98 Å². The Morgan fingerprint density at radius 2 is 2.08 bits per heavy atom. The second-order valence-corrected chi connectivity index (χ2v) is 5.91. The van der Waals surface area contributed by atoms with Crippen molar-refractivity contribution in [2.24, 2.45) is 7.05 Å². The summed E-state index contributed by atoms with van der Waals surface area (Å²) in [6.07, 6.45) is 3.48. The first kappa shape index (κ1) is 14.6. The summed E-state index contributed by atoms with van der Waals surface area (Å²) in [4.78, 5) is 19.3. The molecule has 3 heterocycles. The maximum absolute atomic E-state index is 12.8. The first-order chi connectivity index (χ1) is 11.7. The summed E-state index contributed by atoms with van der Waals surface area (Å²) in [5.74, 6) is 1.38. The minimum Gasteiger partial charge on any atom is -0.327 e. The minimum absolute atomic E-state index is 0.0184. The lowest BCUT2D eigenvalue weighted by Crippen LogP contribution is -2.32. The number of aryl methyl sites for hydroxylation is 1. The molecule has 0 radical (unpaired) electrons. The zero-order valence-corrected chi connectivity index (χ0v) is 13.4. The number of nitrogens with zero attached hydrogens (tertiary/aromatic N) is 5. The van der Waals surface area contributed by atoms with Gasteiger partial charge in [-0.3, -0.25) is 14.6 Å². The smallest absolute Gasteiger partial charge is 0.272 e. The fourth-order valence-electron chi connectivity index (χ4n) is 3.16. The first-order valence-corrected chi connectivity index (χ1v) is 8.01. The third-order valence-corrected chi connectivity index (χ3v) is 4.40. The molecule has 0 unspecified atom stereocenters. The summed E-state index contributed by atoms with van der Waals surface area (Å²) >= 11 is 0. The van der Waals surface area contributed by atoms with E-state index in [-0.39, 0.29) is 11.9 Å². The number of rotatable bonds is 3. The highest BCUT2D eigenvalue weighted by atomic mass is 16.2. The lowest BCUT2D eigenvalue weighted by atomic mass is 10.2. The quantitative estimate of drug-likeness (QED) is 0.801. The molecule has 1 atom stereocenters. The molecule has 122 valence electrons. The molecule has 4 rings (SSSR count). The van der Waals surface area contributed by atoms with Gasteiger partial charge in [0.25, 0.3) is 5.91 Å². The maximum atomic E-state index is 12.8. The van der Waals surface area contributed by atoms with Crippen molar-refractivity contribution >= 4 is 5.91 Å². The highest BCUT2D eigenvalue weighted by Gasteiger charge is 2.34. The third-order valence-electron chi connectivity index (χ3n) is 4.40. The molecule has 3 aromatic rings. The van der Waals surface area contributed by atoms with Crippen LogP contribution in [0.1, 0.15) is 35.2 Å². The SMILES string of the molecule is Cn1nccc1C(=O)N1CCC[C@H]1c1nc(-c2ccccc2)n[nH]1. The Morgan fingerprint density at radius 1 is 1.25 bits per heavy atom. The molecule has 1 saturated heterocycles. The van der Waals surface area contributed by atoms with Crippen molar-refractivity contribution in [2.75, 3.05) is 6.54 Å². The number of likely N-dealkylation sites (tertiary alicyclic amines) is 1. The molecule has 0 spiro atoms. The largest absolute Gasteiger partial charge is 0.327 e. The van der Waals surface area contributed by atoms with Gasteiger partial charge in [-0.05, 0) is 18.9 Å². The van der Waals surface area contributed by atoms with Gasteiger partial charge >= 0.3 is 0 Å². The fourth-order valence-corrected chi connectivity index (χ4v) is 3.16. The summed E-state index contributed by atoms with van der Waals surface area (Å²) in [7, 11) is 1.78. The molecule has 1 amide bonds. The second-order valence-electron chi connectivity index (χ2n) is 5.91. The monoisotopic (exact) mass is 322 g/mol. The van der Waals surface area contributed by atoms with Crippen molar-refractivity contribution in [1.82, 2.24) is 29.9 Å². The van der Waals surface area contributed by atoms with Crippen LogP contribution in [0.3, 0.4) is 0 Å². The maximum Gasteiger partial charge on any atom is 0.272 e. The Labute approximate surface area is 139 Å². The number of aromatic amines is 1. The standard InChI is InChI=1S/C17H18N6O/c1-22-14(9-10-18-22)17(24)23-11-5-8-13(23)16-19-15(20-21-16)12-6-3-2-4-7-12/h2-4,6-7,9-10,13H,5,8,11H2,1H3,(H,19,20,21)/t13-/m0/s1. The Bertz CT molecular complexity index is 853. The third kappa shape index (κ3) is 2.47. The average molecular weight is 322 g/mol. The predicted molar refractivity (Wildman–Crippen MR) is 88.0 cm³/mol. The molecule has 1 aliphatic rings. The first-order valence-electron chi connectivity index (χ1n) is 8.01. The van der Waals surface area contributed by atoms with Crippen molar-refractivity contribution in [3.8, 4) is 11.4 Å².